The molecule has 3 aromatic carbocycles. The summed E-state index contributed by atoms with van der Waals surface area (Å²) in [5.41, 5.74) is 5.64. The number of aliphatic carboxylic acids is 1. The molecule has 1 saturated heterocycles. The van der Waals surface area contributed by atoms with Crippen molar-refractivity contribution in [1.82, 2.24) is 10.2 Å². The standard InChI is InChI=1S/C33H40N2O4S2/c1-23-9-7-8-12-28(23)30-17-25(13-14-29(30)32(36)34-31(33(37)38)15-16-40-2)19-35-20-27(41-3)18-26(35)22-39-21-24-10-5-4-6-11-24/h4-14,17,26-27,31H,15-16,18-22H2,1-3H3,(H,34,36)(H,37,38)/t26-,27-,31+/m1/s1. The maximum absolute atomic E-state index is 13.4. The number of ether oxygens (including phenoxy) is 1. The predicted molar refractivity (Wildman–Crippen MR) is 171 cm³/mol. The third-order valence-corrected chi connectivity index (χ3v) is 9.26. The van der Waals surface area contributed by atoms with Crippen LogP contribution in [0.2, 0.25) is 0 Å². The second-order valence-electron chi connectivity index (χ2n) is 10.5. The molecule has 1 amide bonds. The van der Waals surface area contributed by atoms with E-state index in [2.05, 4.69) is 34.7 Å². The Morgan fingerprint density at radius 2 is 1.78 bits per heavy atom. The number of hydrogen-bond donors (Lipinski definition) is 2. The van der Waals surface area contributed by atoms with Gasteiger partial charge in [-0.1, -0.05) is 60.7 Å². The lowest BCUT2D eigenvalue weighted by Crippen LogP contribution is -2.41. The van der Waals surface area contributed by atoms with Gasteiger partial charge in [-0.2, -0.15) is 23.5 Å². The fraction of sp³-hybridized carbons (Fsp3) is 0.394. The van der Waals surface area contributed by atoms with Gasteiger partial charge in [0.15, 0.2) is 0 Å². The molecule has 1 heterocycles. The second kappa shape index (κ2) is 15.4. The van der Waals surface area contributed by atoms with E-state index in [0.29, 0.717) is 42.2 Å². The van der Waals surface area contributed by atoms with Crippen LogP contribution < -0.4 is 5.32 Å². The zero-order valence-corrected chi connectivity index (χ0v) is 25.7. The van der Waals surface area contributed by atoms with Crippen LogP contribution in [0.4, 0.5) is 0 Å². The van der Waals surface area contributed by atoms with E-state index in [9.17, 15) is 14.7 Å². The van der Waals surface area contributed by atoms with Crippen LogP contribution in [0.5, 0.6) is 0 Å². The molecule has 0 bridgehead atoms. The molecule has 3 atom stereocenters. The molecule has 1 fully saturated rings. The first-order valence-corrected chi connectivity index (χ1v) is 16.7. The lowest BCUT2D eigenvalue weighted by atomic mass is 9.93. The fourth-order valence-corrected chi connectivity index (χ4v) is 6.54. The van der Waals surface area contributed by atoms with Gasteiger partial charge in [-0.3, -0.25) is 9.69 Å². The van der Waals surface area contributed by atoms with Crippen molar-refractivity contribution < 1.29 is 19.4 Å². The summed E-state index contributed by atoms with van der Waals surface area (Å²) in [6.07, 6.45) is 5.55. The molecule has 3 aromatic rings. The van der Waals surface area contributed by atoms with E-state index in [1.807, 2.05) is 79.5 Å². The number of carbonyl (C=O) groups is 2. The van der Waals surface area contributed by atoms with Crippen molar-refractivity contribution in [2.45, 2.75) is 50.3 Å². The summed E-state index contributed by atoms with van der Waals surface area (Å²) in [5.74, 6) is -0.720. The minimum absolute atomic E-state index is 0.314. The first-order chi connectivity index (χ1) is 19.9. The van der Waals surface area contributed by atoms with E-state index >= 15 is 0 Å². The Bertz CT molecular complexity index is 1300. The molecule has 0 aromatic heterocycles. The first-order valence-electron chi connectivity index (χ1n) is 14.0. The summed E-state index contributed by atoms with van der Waals surface area (Å²) in [6, 6.07) is 23.6. The summed E-state index contributed by atoms with van der Waals surface area (Å²) in [6.45, 7) is 5.04. The molecule has 0 spiro atoms. The average Bonchev–Trinajstić information content (AvgIpc) is 3.37. The van der Waals surface area contributed by atoms with E-state index in [-0.39, 0.29) is 5.91 Å². The van der Waals surface area contributed by atoms with Crippen LogP contribution >= 0.6 is 23.5 Å². The molecular weight excluding hydrogens is 553 g/mol. The molecule has 6 nitrogen and oxygen atoms in total. The Labute approximate surface area is 252 Å². The molecule has 0 saturated carbocycles. The minimum Gasteiger partial charge on any atom is -0.480 e. The van der Waals surface area contributed by atoms with Gasteiger partial charge in [0, 0.05) is 29.9 Å². The molecule has 1 aliphatic heterocycles. The van der Waals surface area contributed by atoms with Crippen LogP contribution in [0.1, 0.15) is 39.9 Å². The van der Waals surface area contributed by atoms with Crippen LogP contribution in [0.15, 0.2) is 72.8 Å². The zero-order valence-electron chi connectivity index (χ0n) is 24.0. The van der Waals surface area contributed by atoms with Gasteiger partial charge in [-0.05, 0) is 78.0 Å². The van der Waals surface area contributed by atoms with Crippen molar-refractivity contribution in [3.63, 3.8) is 0 Å². The van der Waals surface area contributed by atoms with Gasteiger partial charge in [0.05, 0.1) is 13.2 Å². The third kappa shape index (κ3) is 8.61. The van der Waals surface area contributed by atoms with Gasteiger partial charge < -0.3 is 15.2 Å². The summed E-state index contributed by atoms with van der Waals surface area (Å²) in [4.78, 5) is 27.8. The molecule has 0 aliphatic carbocycles. The topological polar surface area (TPSA) is 78.9 Å². The van der Waals surface area contributed by atoms with E-state index in [4.69, 9.17) is 4.74 Å². The van der Waals surface area contributed by atoms with Crippen LogP contribution in [-0.2, 0) is 22.7 Å². The molecule has 0 radical (unpaired) electrons. The van der Waals surface area contributed by atoms with E-state index in [1.54, 1.807) is 11.8 Å². The summed E-state index contributed by atoms with van der Waals surface area (Å²) < 4.78 is 6.15. The monoisotopic (exact) mass is 592 g/mol. The number of benzene rings is 3. The van der Waals surface area contributed by atoms with Crippen LogP contribution in [0.3, 0.4) is 0 Å². The van der Waals surface area contributed by atoms with Crippen molar-refractivity contribution in [1.29, 1.82) is 0 Å². The molecule has 2 N–H and O–H groups in total. The van der Waals surface area contributed by atoms with Crippen LogP contribution in [0.25, 0.3) is 11.1 Å². The minimum atomic E-state index is -1.01. The van der Waals surface area contributed by atoms with E-state index in [0.717, 1.165) is 41.8 Å². The van der Waals surface area contributed by atoms with E-state index in [1.165, 1.54) is 5.56 Å². The van der Waals surface area contributed by atoms with Crippen LogP contribution in [0, 0.1) is 6.92 Å². The Balaban J connectivity index is 1.55. The van der Waals surface area contributed by atoms with Gasteiger partial charge in [0.25, 0.3) is 5.91 Å². The number of rotatable bonds is 14. The Hall–Kier alpha value is -2.78. The lowest BCUT2D eigenvalue weighted by Gasteiger charge is -2.25. The lowest BCUT2D eigenvalue weighted by molar-refractivity contribution is -0.139. The highest BCUT2D eigenvalue weighted by Gasteiger charge is 2.32. The Morgan fingerprint density at radius 3 is 2.49 bits per heavy atom. The van der Waals surface area contributed by atoms with Crippen molar-refractivity contribution >= 4 is 35.4 Å². The molecule has 1 aliphatic rings. The zero-order chi connectivity index (χ0) is 29.2. The quantitative estimate of drug-likeness (QED) is 0.234. The molecule has 41 heavy (non-hydrogen) atoms. The maximum Gasteiger partial charge on any atom is 0.326 e. The SMILES string of the molecule is CSCC[C@H](NC(=O)c1ccc(CN2C[C@H](SC)C[C@@H]2COCc2ccccc2)cc1-c1ccccc1C)C(=O)O. The van der Waals surface area contributed by atoms with Crippen LogP contribution in [-0.4, -0.2) is 70.6 Å². The van der Waals surface area contributed by atoms with Crippen molar-refractivity contribution in [2.75, 3.05) is 31.4 Å². The van der Waals surface area contributed by atoms with Gasteiger partial charge in [0.2, 0.25) is 0 Å². The molecule has 4 rings (SSSR count). The number of likely N-dealkylation sites (tertiary alicyclic amines) is 1. The molecule has 8 heteroatoms. The van der Waals surface area contributed by atoms with Crippen molar-refractivity contribution in [2.24, 2.45) is 0 Å². The van der Waals surface area contributed by atoms with Gasteiger partial charge in [-0.15, -0.1) is 0 Å². The van der Waals surface area contributed by atoms with Crippen molar-refractivity contribution in [3.05, 3.63) is 95.1 Å². The number of carboxylic acids is 1. The summed E-state index contributed by atoms with van der Waals surface area (Å²) in [7, 11) is 0. The first kappa shape index (κ1) is 31.2. The number of hydrogen-bond acceptors (Lipinski definition) is 6. The highest BCUT2D eigenvalue weighted by atomic mass is 32.2. The normalized spacial score (nSPS) is 17.8. The maximum atomic E-state index is 13.4. The van der Waals surface area contributed by atoms with Crippen molar-refractivity contribution in [3.8, 4) is 11.1 Å². The van der Waals surface area contributed by atoms with Gasteiger partial charge in [-0.25, -0.2) is 4.79 Å². The highest BCUT2D eigenvalue weighted by molar-refractivity contribution is 7.99. The number of carbonyl (C=O) groups excluding carboxylic acids is 1. The average molecular weight is 593 g/mol. The third-order valence-electron chi connectivity index (χ3n) is 7.61. The molecular formula is C33H40N2O4S2. The second-order valence-corrected chi connectivity index (χ2v) is 12.6. The number of aryl methyl sites for hydroxylation is 1. The number of nitrogens with one attached hydrogen (secondary N) is 1. The van der Waals surface area contributed by atoms with E-state index < -0.39 is 12.0 Å². The summed E-state index contributed by atoms with van der Waals surface area (Å²) >= 11 is 3.47. The predicted octanol–water partition coefficient (Wildman–Crippen LogP) is 6.12. The number of nitrogens with zero attached hydrogens (tertiary/aromatic N) is 1. The number of carboxylic acid groups (broad SMARTS) is 1. The molecule has 0 unspecified atom stereocenters. The number of thioether (sulfide) groups is 2. The smallest absolute Gasteiger partial charge is 0.326 e. The fourth-order valence-electron chi connectivity index (χ4n) is 5.31. The molecule has 218 valence electrons. The van der Waals surface area contributed by atoms with Gasteiger partial charge in [0.1, 0.15) is 6.04 Å². The Kier molecular flexibility index (Phi) is 11.7. The summed E-state index contributed by atoms with van der Waals surface area (Å²) in [5, 5.41) is 13.0. The van der Waals surface area contributed by atoms with Gasteiger partial charge >= 0.3 is 5.97 Å². The number of amides is 1. The highest BCUT2D eigenvalue weighted by Crippen LogP contribution is 2.32. The largest absolute Gasteiger partial charge is 0.480 e. The Morgan fingerprint density at radius 1 is 1.02 bits per heavy atom.